The lowest BCUT2D eigenvalue weighted by Crippen LogP contribution is -2.48. The van der Waals surface area contributed by atoms with E-state index < -0.39 is 0 Å². The summed E-state index contributed by atoms with van der Waals surface area (Å²) in [6.45, 7) is 5.59. The van der Waals surface area contributed by atoms with Crippen LogP contribution >= 0.6 is 0 Å². The Labute approximate surface area is 97.2 Å². The van der Waals surface area contributed by atoms with Gasteiger partial charge in [0.25, 0.3) is 0 Å². The smallest absolute Gasteiger partial charge is 0.0894 e. The van der Waals surface area contributed by atoms with Crippen LogP contribution < -0.4 is 5.73 Å². The van der Waals surface area contributed by atoms with Crippen molar-refractivity contribution in [3.63, 3.8) is 0 Å². The summed E-state index contributed by atoms with van der Waals surface area (Å²) in [4.78, 5) is 2.44. The summed E-state index contributed by atoms with van der Waals surface area (Å²) < 4.78 is 5.76. The first-order valence-corrected chi connectivity index (χ1v) is 5.97. The summed E-state index contributed by atoms with van der Waals surface area (Å²) in [5, 5.41) is 0. The number of benzene rings is 1. The highest BCUT2D eigenvalue weighted by atomic mass is 16.5. The van der Waals surface area contributed by atoms with Crippen LogP contribution in [0.3, 0.4) is 0 Å². The zero-order valence-corrected chi connectivity index (χ0v) is 9.80. The molecule has 2 rings (SSSR count). The van der Waals surface area contributed by atoms with E-state index in [4.69, 9.17) is 10.5 Å². The first-order chi connectivity index (χ1) is 7.86. The topological polar surface area (TPSA) is 38.5 Å². The maximum absolute atomic E-state index is 5.80. The first kappa shape index (κ1) is 11.6. The molecule has 88 valence electrons. The quantitative estimate of drug-likeness (QED) is 0.837. The molecule has 1 fully saturated rings. The molecule has 1 aromatic carbocycles. The normalized spacial score (nSPS) is 26.9. The Balaban J connectivity index is 2.24. The van der Waals surface area contributed by atoms with E-state index in [1.54, 1.807) is 0 Å². The first-order valence-electron chi connectivity index (χ1n) is 5.97. The van der Waals surface area contributed by atoms with Crippen LogP contribution in [0.25, 0.3) is 0 Å². The van der Waals surface area contributed by atoms with Crippen LogP contribution in [0.5, 0.6) is 0 Å². The molecule has 0 spiro atoms. The van der Waals surface area contributed by atoms with Crippen LogP contribution in [0.2, 0.25) is 0 Å². The summed E-state index contributed by atoms with van der Waals surface area (Å²) in [6.07, 6.45) is 0.121. The molecule has 3 nitrogen and oxygen atoms in total. The molecule has 1 aromatic rings. The zero-order valence-electron chi connectivity index (χ0n) is 9.80. The molecule has 2 N–H and O–H groups in total. The van der Waals surface area contributed by atoms with E-state index in [1.807, 2.05) is 6.07 Å². The number of likely N-dealkylation sites (N-methyl/N-ethyl adjacent to an activating group) is 1. The van der Waals surface area contributed by atoms with Crippen molar-refractivity contribution in [2.75, 3.05) is 26.2 Å². The highest BCUT2D eigenvalue weighted by Gasteiger charge is 2.31. The number of nitrogens with zero attached hydrogens (tertiary/aromatic N) is 1. The lowest BCUT2D eigenvalue weighted by molar-refractivity contribution is -0.0658. The third-order valence-electron chi connectivity index (χ3n) is 3.24. The maximum atomic E-state index is 5.80. The summed E-state index contributed by atoms with van der Waals surface area (Å²) in [5.74, 6) is 0. The van der Waals surface area contributed by atoms with E-state index in [2.05, 4.69) is 36.1 Å². The van der Waals surface area contributed by atoms with Crippen molar-refractivity contribution in [1.82, 2.24) is 4.90 Å². The molecule has 0 radical (unpaired) electrons. The van der Waals surface area contributed by atoms with Crippen LogP contribution in [0, 0.1) is 0 Å². The van der Waals surface area contributed by atoms with Crippen LogP contribution in [-0.4, -0.2) is 37.2 Å². The molecular formula is C13H20N2O. The van der Waals surface area contributed by atoms with E-state index in [0.29, 0.717) is 12.6 Å². The number of rotatable bonds is 3. The van der Waals surface area contributed by atoms with Crippen molar-refractivity contribution < 1.29 is 4.74 Å². The Kier molecular flexibility index (Phi) is 3.93. The third kappa shape index (κ3) is 2.26. The van der Waals surface area contributed by atoms with Gasteiger partial charge in [-0.15, -0.1) is 0 Å². The van der Waals surface area contributed by atoms with E-state index in [9.17, 15) is 0 Å². The van der Waals surface area contributed by atoms with Gasteiger partial charge in [0.1, 0.15) is 0 Å². The van der Waals surface area contributed by atoms with Gasteiger partial charge in [-0.05, 0) is 12.1 Å². The van der Waals surface area contributed by atoms with Crippen molar-refractivity contribution in [1.29, 1.82) is 0 Å². The molecule has 3 heteroatoms. The third-order valence-corrected chi connectivity index (χ3v) is 3.24. The van der Waals surface area contributed by atoms with Crippen LogP contribution in [0.1, 0.15) is 18.5 Å². The molecule has 0 bridgehead atoms. The lowest BCUT2D eigenvalue weighted by atomic mass is 9.98. The number of ether oxygens (including phenoxy) is 1. The fourth-order valence-electron chi connectivity index (χ4n) is 2.41. The molecule has 0 amide bonds. The summed E-state index contributed by atoms with van der Waals surface area (Å²) in [7, 11) is 0. The highest BCUT2D eigenvalue weighted by molar-refractivity contribution is 5.21. The van der Waals surface area contributed by atoms with Gasteiger partial charge in [-0.1, -0.05) is 37.3 Å². The maximum Gasteiger partial charge on any atom is 0.0894 e. The Hall–Kier alpha value is -0.900. The minimum absolute atomic E-state index is 0.121. The van der Waals surface area contributed by atoms with E-state index in [1.165, 1.54) is 5.56 Å². The van der Waals surface area contributed by atoms with Crippen molar-refractivity contribution in [2.45, 2.75) is 19.1 Å². The number of hydrogen-bond donors (Lipinski definition) is 1. The standard InChI is InChI=1S/C13H20N2O/c1-2-15-8-9-16-12(10-14)13(15)11-6-4-3-5-7-11/h3-7,12-13H,2,8-10,14H2,1H3/t12-,13-/m0/s1. The molecule has 1 aliphatic heterocycles. The van der Waals surface area contributed by atoms with E-state index >= 15 is 0 Å². The SMILES string of the molecule is CCN1CCO[C@@H](CN)[C@@H]1c1ccccc1. The van der Waals surface area contributed by atoms with Gasteiger partial charge in [-0.3, -0.25) is 4.90 Å². The van der Waals surface area contributed by atoms with E-state index in [0.717, 1.165) is 19.7 Å². The fourth-order valence-corrected chi connectivity index (χ4v) is 2.41. The Morgan fingerprint density at radius 1 is 1.38 bits per heavy atom. The Morgan fingerprint density at radius 2 is 2.12 bits per heavy atom. The number of morpholine rings is 1. The van der Waals surface area contributed by atoms with Crippen molar-refractivity contribution in [3.05, 3.63) is 35.9 Å². The molecule has 1 saturated heterocycles. The second kappa shape index (κ2) is 5.43. The Bertz CT molecular complexity index is 303. The second-order valence-electron chi connectivity index (χ2n) is 4.13. The van der Waals surface area contributed by atoms with Crippen molar-refractivity contribution in [3.8, 4) is 0 Å². The van der Waals surface area contributed by atoms with Crippen molar-refractivity contribution in [2.24, 2.45) is 5.73 Å². The molecule has 0 unspecified atom stereocenters. The molecule has 16 heavy (non-hydrogen) atoms. The minimum Gasteiger partial charge on any atom is -0.374 e. The van der Waals surface area contributed by atoms with Gasteiger partial charge in [0.05, 0.1) is 18.8 Å². The summed E-state index contributed by atoms with van der Waals surface area (Å²) in [5.41, 5.74) is 7.10. The molecule has 0 aliphatic carbocycles. The summed E-state index contributed by atoms with van der Waals surface area (Å²) in [6, 6.07) is 10.8. The predicted molar refractivity (Wildman–Crippen MR) is 65.2 cm³/mol. The molecular weight excluding hydrogens is 200 g/mol. The van der Waals surface area contributed by atoms with Gasteiger partial charge >= 0.3 is 0 Å². The zero-order chi connectivity index (χ0) is 11.4. The average molecular weight is 220 g/mol. The van der Waals surface area contributed by atoms with Crippen molar-refractivity contribution >= 4 is 0 Å². The minimum atomic E-state index is 0.121. The number of hydrogen-bond acceptors (Lipinski definition) is 3. The van der Waals surface area contributed by atoms with Gasteiger partial charge in [0.2, 0.25) is 0 Å². The van der Waals surface area contributed by atoms with Crippen LogP contribution in [0.4, 0.5) is 0 Å². The van der Waals surface area contributed by atoms with E-state index in [-0.39, 0.29) is 6.10 Å². The highest BCUT2D eigenvalue weighted by Crippen LogP contribution is 2.28. The van der Waals surface area contributed by atoms with Gasteiger partial charge < -0.3 is 10.5 Å². The largest absolute Gasteiger partial charge is 0.374 e. The Morgan fingerprint density at radius 3 is 2.75 bits per heavy atom. The molecule has 1 aliphatic rings. The van der Waals surface area contributed by atoms with Gasteiger partial charge in [0, 0.05) is 13.1 Å². The average Bonchev–Trinajstić information content (AvgIpc) is 2.38. The fraction of sp³-hybridized carbons (Fsp3) is 0.538. The number of nitrogens with two attached hydrogens (primary N) is 1. The van der Waals surface area contributed by atoms with Crippen LogP contribution in [0.15, 0.2) is 30.3 Å². The second-order valence-corrected chi connectivity index (χ2v) is 4.13. The molecule has 1 heterocycles. The van der Waals surface area contributed by atoms with Gasteiger partial charge in [-0.2, -0.15) is 0 Å². The molecule has 0 aromatic heterocycles. The van der Waals surface area contributed by atoms with Crippen LogP contribution in [-0.2, 0) is 4.74 Å². The monoisotopic (exact) mass is 220 g/mol. The lowest BCUT2D eigenvalue weighted by Gasteiger charge is -2.40. The summed E-state index contributed by atoms with van der Waals surface area (Å²) >= 11 is 0. The predicted octanol–water partition coefficient (Wildman–Crippen LogP) is 1.41. The molecule has 0 saturated carbocycles. The van der Waals surface area contributed by atoms with Gasteiger partial charge in [0.15, 0.2) is 0 Å². The molecule has 2 atom stereocenters. The van der Waals surface area contributed by atoms with Gasteiger partial charge in [-0.25, -0.2) is 0 Å².